The van der Waals surface area contributed by atoms with E-state index in [1.165, 1.54) is 0 Å². The van der Waals surface area contributed by atoms with E-state index in [9.17, 15) is 14.7 Å². The first-order chi connectivity index (χ1) is 17.1. The number of urea groups is 1. The van der Waals surface area contributed by atoms with Gasteiger partial charge in [0.05, 0.1) is 17.3 Å². The zero-order chi connectivity index (χ0) is 26.6. The normalized spacial score (nSPS) is 16.9. The molecule has 1 saturated heterocycles. The highest BCUT2D eigenvalue weighted by atomic mass is 35.5. The minimum atomic E-state index is -0.781. The van der Waals surface area contributed by atoms with Crippen LogP contribution in [-0.4, -0.2) is 39.1 Å². The summed E-state index contributed by atoms with van der Waals surface area (Å²) in [5.74, 6) is -0.797. The number of carbonyl (C=O) groups is 2. The molecule has 37 heavy (non-hydrogen) atoms. The number of rotatable bonds is 8. The highest BCUT2D eigenvalue weighted by Crippen LogP contribution is 2.40. The molecular weight excluding hydrogens is 488 g/mol. The first-order valence-corrected chi connectivity index (χ1v) is 13.2. The van der Waals surface area contributed by atoms with E-state index in [4.69, 9.17) is 10.7 Å². The van der Waals surface area contributed by atoms with Crippen LogP contribution in [0.25, 0.3) is 11.1 Å². The molecule has 0 saturated carbocycles. The molecular formula is C29H43ClN4O3. The van der Waals surface area contributed by atoms with Gasteiger partial charge in [0, 0.05) is 29.9 Å². The number of amides is 2. The van der Waals surface area contributed by atoms with Crippen LogP contribution in [0.5, 0.6) is 0 Å². The molecule has 0 radical (unpaired) electrons. The number of benzene rings is 1. The predicted molar refractivity (Wildman–Crippen MR) is 152 cm³/mol. The minimum Gasteiger partial charge on any atom is -0.481 e. The summed E-state index contributed by atoms with van der Waals surface area (Å²) < 4.78 is 0. The van der Waals surface area contributed by atoms with Gasteiger partial charge in [-0.15, -0.1) is 12.4 Å². The van der Waals surface area contributed by atoms with Crippen molar-refractivity contribution in [2.45, 2.75) is 85.7 Å². The maximum atomic E-state index is 13.8. The summed E-state index contributed by atoms with van der Waals surface area (Å²) in [6.45, 7) is 13.1. The van der Waals surface area contributed by atoms with Gasteiger partial charge in [0.1, 0.15) is 0 Å². The Labute approximate surface area is 227 Å². The van der Waals surface area contributed by atoms with Crippen LogP contribution in [0.2, 0.25) is 0 Å². The molecule has 1 atom stereocenters. The van der Waals surface area contributed by atoms with Crippen molar-refractivity contribution in [2.24, 2.45) is 17.6 Å². The summed E-state index contributed by atoms with van der Waals surface area (Å²) in [5, 5.41) is 12.9. The molecule has 3 rings (SSSR count). The Bertz CT molecular complexity index is 1100. The lowest BCUT2D eigenvalue weighted by molar-refractivity contribution is -0.145. The van der Waals surface area contributed by atoms with E-state index in [1.54, 1.807) is 0 Å². The van der Waals surface area contributed by atoms with Crippen molar-refractivity contribution >= 4 is 30.1 Å². The van der Waals surface area contributed by atoms with Crippen molar-refractivity contribution in [1.82, 2.24) is 9.88 Å². The number of aromatic nitrogens is 1. The Morgan fingerprint density at radius 2 is 1.81 bits per heavy atom. The monoisotopic (exact) mass is 530 g/mol. The van der Waals surface area contributed by atoms with Gasteiger partial charge >= 0.3 is 12.0 Å². The van der Waals surface area contributed by atoms with E-state index in [0.29, 0.717) is 50.4 Å². The van der Waals surface area contributed by atoms with E-state index in [-0.39, 0.29) is 18.4 Å². The molecule has 1 aromatic carbocycles. The Morgan fingerprint density at radius 3 is 2.32 bits per heavy atom. The molecule has 1 aromatic heterocycles. The van der Waals surface area contributed by atoms with Gasteiger partial charge in [-0.25, -0.2) is 4.79 Å². The molecule has 2 aromatic rings. The van der Waals surface area contributed by atoms with E-state index in [2.05, 4.69) is 43.4 Å². The van der Waals surface area contributed by atoms with E-state index >= 15 is 0 Å². The lowest BCUT2D eigenvalue weighted by Gasteiger charge is -2.48. The Morgan fingerprint density at radius 1 is 1.19 bits per heavy atom. The second-order valence-electron chi connectivity index (χ2n) is 10.6. The minimum absolute atomic E-state index is 0. The van der Waals surface area contributed by atoms with Crippen LogP contribution in [-0.2, 0) is 17.8 Å². The largest absolute Gasteiger partial charge is 0.481 e. The molecule has 8 heteroatoms. The number of hydrogen-bond acceptors (Lipinski definition) is 4. The number of carboxylic acids is 1. The quantitative estimate of drug-likeness (QED) is 0.369. The third-order valence-corrected chi connectivity index (χ3v) is 7.75. The van der Waals surface area contributed by atoms with Crippen LogP contribution in [0.4, 0.5) is 10.5 Å². The molecule has 4 N–H and O–H groups in total. The number of aryl methyl sites for hydroxylation is 2. The first-order valence-electron chi connectivity index (χ1n) is 13.2. The molecule has 7 nitrogen and oxygen atoms in total. The van der Waals surface area contributed by atoms with Crippen molar-refractivity contribution in [3.05, 3.63) is 46.8 Å². The van der Waals surface area contributed by atoms with Gasteiger partial charge in [-0.3, -0.25) is 9.78 Å². The van der Waals surface area contributed by atoms with Crippen molar-refractivity contribution in [2.75, 3.05) is 11.9 Å². The van der Waals surface area contributed by atoms with Crippen molar-refractivity contribution < 1.29 is 14.7 Å². The van der Waals surface area contributed by atoms with Crippen LogP contribution < -0.4 is 11.1 Å². The fraction of sp³-hybridized carbons (Fsp3) is 0.552. The zero-order valence-corrected chi connectivity index (χ0v) is 23.9. The zero-order valence-electron chi connectivity index (χ0n) is 23.1. The number of piperidine rings is 1. The number of anilines is 1. The number of carboxylic acid groups (broad SMARTS) is 1. The SMILES string of the molecule is CCC1(CC)CC(C(=O)O)CCN1C(=O)Nc1c(C)nc(CC(C)C)c(CN)c1-c1ccc(C)cc1.Cl. The highest BCUT2D eigenvalue weighted by Gasteiger charge is 2.44. The number of carbonyl (C=O) groups excluding carboxylic acids is 1. The lowest BCUT2D eigenvalue weighted by atomic mass is 9.77. The third-order valence-electron chi connectivity index (χ3n) is 7.75. The third kappa shape index (κ3) is 6.44. The maximum Gasteiger partial charge on any atom is 0.322 e. The number of nitrogens with two attached hydrogens (primary N) is 1. The predicted octanol–water partition coefficient (Wildman–Crippen LogP) is 6.33. The van der Waals surface area contributed by atoms with E-state index < -0.39 is 17.4 Å². The van der Waals surface area contributed by atoms with Gasteiger partial charge in [0.15, 0.2) is 0 Å². The van der Waals surface area contributed by atoms with E-state index in [1.807, 2.05) is 32.6 Å². The number of halogens is 1. The molecule has 2 heterocycles. The van der Waals surface area contributed by atoms with Gasteiger partial charge in [-0.1, -0.05) is 57.5 Å². The summed E-state index contributed by atoms with van der Waals surface area (Å²) in [5.41, 5.74) is 12.2. The topological polar surface area (TPSA) is 109 Å². The maximum absolute atomic E-state index is 13.8. The molecule has 1 unspecified atom stereocenters. The smallest absolute Gasteiger partial charge is 0.322 e. The number of hydrogen-bond donors (Lipinski definition) is 3. The van der Waals surface area contributed by atoms with E-state index in [0.717, 1.165) is 40.1 Å². The molecule has 204 valence electrons. The highest BCUT2D eigenvalue weighted by molar-refractivity contribution is 5.97. The van der Waals surface area contributed by atoms with Crippen molar-refractivity contribution in [3.63, 3.8) is 0 Å². The Hall–Kier alpha value is -2.64. The van der Waals surface area contributed by atoms with Gasteiger partial charge in [-0.2, -0.15) is 0 Å². The summed E-state index contributed by atoms with van der Waals surface area (Å²) in [6, 6.07) is 8.06. The van der Waals surface area contributed by atoms with Gasteiger partial charge < -0.3 is 21.1 Å². The number of likely N-dealkylation sites (tertiary alicyclic amines) is 1. The second-order valence-corrected chi connectivity index (χ2v) is 10.6. The summed E-state index contributed by atoms with van der Waals surface area (Å²) >= 11 is 0. The molecule has 0 bridgehead atoms. The fourth-order valence-corrected chi connectivity index (χ4v) is 5.58. The summed E-state index contributed by atoms with van der Waals surface area (Å²) in [4.78, 5) is 32.4. The lowest BCUT2D eigenvalue weighted by Crippen LogP contribution is -2.58. The van der Waals surface area contributed by atoms with Gasteiger partial charge in [0.2, 0.25) is 0 Å². The molecule has 1 aliphatic heterocycles. The second kappa shape index (κ2) is 12.7. The fourth-order valence-electron chi connectivity index (χ4n) is 5.58. The van der Waals surface area contributed by atoms with Crippen LogP contribution in [0, 0.1) is 25.7 Å². The van der Waals surface area contributed by atoms with Crippen LogP contribution in [0.3, 0.4) is 0 Å². The summed E-state index contributed by atoms with van der Waals surface area (Å²) in [6.07, 6.45) is 3.12. The first kappa shape index (κ1) is 30.6. The molecule has 1 fully saturated rings. The van der Waals surface area contributed by atoms with Crippen molar-refractivity contribution in [1.29, 1.82) is 0 Å². The molecule has 1 aliphatic rings. The number of aliphatic carboxylic acids is 1. The average molecular weight is 531 g/mol. The van der Waals surface area contributed by atoms with Gasteiger partial charge in [-0.05, 0) is 63.0 Å². The number of nitrogens with one attached hydrogen (secondary N) is 1. The average Bonchev–Trinajstić information content (AvgIpc) is 2.85. The van der Waals surface area contributed by atoms with Crippen LogP contribution >= 0.6 is 12.4 Å². The van der Waals surface area contributed by atoms with Crippen molar-refractivity contribution in [3.8, 4) is 11.1 Å². The van der Waals surface area contributed by atoms with Crippen LogP contribution in [0.1, 0.15) is 75.9 Å². The molecule has 2 amide bonds. The Kier molecular flexibility index (Phi) is 10.5. The Balaban J connectivity index is 0.00000481. The molecule has 0 spiro atoms. The van der Waals surface area contributed by atoms with Crippen LogP contribution in [0.15, 0.2) is 24.3 Å². The summed E-state index contributed by atoms with van der Waals surface area (Å²) in [7, 11) is 0. The number of pyridine rings is 1. The van der Waals surface area contributed by atoms with Gasteiger partial charge in [0.25, 0.3) is 0 Å². The number of nitrogens with zero attached hydrogens (tertiary/aromatic N) is 2. The standard InChI is InChI=1S/C29H42N4O3.ClH/c1-7-29(8-2)16-22(27(34)35)13-14-33(29)28(36)32-26-20(6)31-24(15-18(3)4)23(17-30)25(26)21-11-9-19(5)10-12-21;/h9-12,18,22H,7-8,13-17,30H2,1-6H3,(H,32,36)(H,34,35);1H. The molecule has 0 aliphatic carbocycles.